The van der Waals surface area contributed by atoms with Crippen LogP contribution >= 0.6 is 0 Å². The third kappa shape index (κ3) is 6.36. The maximum Gasteiger partial charge on any atom is 0.308 e. The number of carboxylic acids is 1. The van der Waals surface area contributed by atoms with Gasteiger partial charge in [0.1, 0.15) is 6.29 Å². The third-order valence-corrected chi connectivity index (χ3v) is 5.33. The molecule has 6 unspecified atom stereocenters. The predicted molar refractivity (Wildman–Crippen MR) is 103 cm³/mol. The number of carbonyl (C=O) groups is 3. The second-order valence-corrected chi connectivity index (χ2v) is 8.02. The molecule has 4 N–H and O–H groups in total. The second-order valence-electron chi connectivity index (χ2n) is 8.02. The standard InChI is InChI=1S/C19H37N3O4/c1-10(2)15(18(24)21-11(3)4)17(20)13(6)16(19(25)26)14(7)22(8)12(5)9-23/h9-17H,20H2,1-8H3,(H,21,24)(H,25,26). The summed E-state index contributed by atoms with van der Waals surface area (Å²) < 4.78 is 0. The summed E-state index contributed by atoms with van der Waals surface area (Å²) in [6, 6.07) is -1.44. The topological polar surface area (TPSA) is 113 Å². The van der Waals surface area contributed by atoms with Gasteiger partial charge in [0.2, 0.25) is 5.91 Å². The SMILES string of the molecule is CC(C)NC(=O)C(C(C)C)C(N)C(C)C(C(=O)O)C(C)N(C)C(C)C=O. The van der Waals surface area contributed by atoms with Crippen LogP contribution in [0.5, 0.6) is 0 Å². The van der Waals surface area contributed by atoms with Gasteiger partial charge in [0.15, 0.2) is 0 Å². The zero-order valence-corrected chi connectivity index (χ0v) is 17.4. The van der Waals surface area contributed by atoms with E-state index < -0.39 is 41.8 Å². The normalized spacial score (nSPS) is 18.9. The van der Waals surface area contributed by atoms with E-state index in [0.717, 1.165) is 6.29 Å². The molecule has 26 heavy (non-hydrogen) atoms. The Morgan fingerprint density at radius 1 is 1.04 bits per heavy atom. The van der Waals surface area contributed by atoms with Crippen molar-refractivity contribution in [1.82, 2.24) is 10.2 Å². The molecule has 0 aliphatic carbocycles. The smallest absolute Gasteiger partial charge is 0.308 e. The minimum Gasteiger partial charge on any atom is -0.481 e. The Morgan fingerprint density at radius 3 is 1.88 bits per heavy atom. The minimum absolute atomic E-state index is 0.0139. The highest BCUT2D eigenvalue weighted by atomic mass is 16.4. The average molecular weight is 372 g/mol. The van der Waals surface area contributed by atoms with Crippen LogP contribution in [0.2, 0.25) is 0 Å². The molecule has 0 saturated carbocycles. The van der Waals surface area contributed by atoms with E-state index >= 15 is 0 Å². The Morgan fingerprint density at radius 2 is 1.54 bits per heavy atom. The second kappa shape index (κ2) is 10.6. The van der Waals surface area contributed by atoms with Crippen LogP contribution < -0.4 is 11.1 Å². The summed E-state index contributed by atoms with van der Waals surface area (Å²) in [6.45, 7) is 12.9. The fourth-order valence-corrected chi connectivity index (χ4v) is 3.46. The van der Waals surface area contributed by atoms with Crippen LogP contribution in [0.3, 0.4) is 0 Å². The molecular formula is C19H37N3O4. The van der Waals surface area contributed by atoms with Gasteiger partial charge in [-0.1, -0.05) is 20.8 Å². The number of hydrogen-bond acceptors (Lipinski definition) is 5. The van der Waals surface area contributed by atoms with Crippen molar-refractivity contribution in [3.63, 3.8) is 0 Å². The van der Waals surface area contributed by atoms with Crippen molar-refractivity contribution in [2.45, 2.75) is 72.6 Å². The summed E-state index contributed by atoms with van der Waals surface area (Å²) >= 11 is 0. The number of nitrogens with zero attached hydrogens (tertiary/aromatic N) is 1. The van der Waals surface area contributed by atoms with Crippen LogP contribution in [0.1, 0.15) is 48.5 Å². The van der Waals surface area contributed by atoms with E-state index in [-0.39, 0.29) is 17.9 Å². The molecule has 0 aromatic heterocycles. The molecular weight excluding hydrogens is 334 g/mol. The first kappa shape index (κ1) is 24.5. The number of hydrogen-bond donors (Lipinski definition) is 3. The maximum atomic E-state index is 12.6. The molecule has 7 nitrogen and oxygen atoms in total. The summed E-state index contributed by atoms with van der Waals surface area (Å²) in [5.41, 5.74) is 6.41. The first-order valence-electron chi connectivity index (χ1n) is 9.32. The van der Waals surface area contributed by atoms with Gasteiger partial charge in [-0.05, 0) is 46.6 Å². The largest absolute Gasteiger partial charge is 0.481 e. The Hall–Kier alpha value is -1.47. The molecule has 6 atom stereocenters. The number of carboxylic acid groups (broad SMARTS) is 1. The van der Waals surface area contributed by atoms with E-state index in [0.29, 0.717) is 0 Å². The lowest BCUT2D eigenvalue weighted by Crippen LogP contribution is -2.55. The first-order valence-corrected chi connectivity index (χ1v) is 9.32. The van der Waals surface area contributed by atoms with Crippen molar-refractivity contribution in [3.05, 3.63) is 0 Å². The number of nitrogens with two attached hydrogens (primary N) is 1. The molecule has 0 bridgehead atoms. The van der Waals surface area contributed by atoms with Gasteiger partial charge in [-0.25, -0.2) is 0 Å². The lowest BCUT2D eigenvalue weighted by molar-refractivity contribution is -0.148. The Bertz CT molecular complexity index is 481. The monoisotopic (exact) mass is 371 g/mol. The fourth-order valence-electron chi connectivity index (χ4n) is 3.46. The summed E-state index contributed by atoms with van der Waals surface area (Å²) in [6.07, 6.45) is 0.785. The fraction of sp³-hybridized carbons (Fsp3) is 0.842. The van der Waals surface area contributed by atoms with Crippen molar-refractivity contribution < 1.29 is 19.5 Å². The minimum atomic E-state index is -0.975. The lowest BCUT2D eigenvalue weighted by Gasteiger charge is -2.39. The van der Waals surface area contributed by atoms with Crippen molar-refractivity contribution in [2.75, 3.05) is 7.05 Å². The van der Waals surface area contributed by atoms with Crippen LogP contribution in [-0.2, 0) is 14.4 Å². The molecule has 0 spiro atoms. The van der Waals surface area contributed by atoms with Crippen LogP contribution in [-0.4, -0.2) is 59.4 Å². The average Bonchev–Trinajstić information content (AvgIpc) is 2.51. The van der Waals surface area contributed by atoms with Crippen molar-refractivity contribution in [2.24, 2.45) is 29.4 Å². The number of aldehydes is 1. The highest BCUT2D eigenvalue weighted by molar-refractivity contribution is 5.80. The Labute approximate surface area is 157 Å². The molecule has 0 radical (unpaired) electrons. The van der Waals surface area contributed by atoms with Gasteiger partial charge in [-0.2, -0.15) is 0 Å². The number of carbonyl (C=O) groups excluding carboxylic acids is 2. The molecule has 0 fully saturated rings. The molecule has 0 rings (SSSR count). The highest BCUT2D eigenvalue weighted by Gasteiger charge is 2.41. The van der Waals surface area contributed by atoms with Crippen LogP contribution in [0.15, 0.2) is 0 Å². The number of rotatable bonds is 11. The summed E-state index contributed by atoms with van der Waals surface area (Å²) in [5.74, 6) is -2.89. The number of likely N-dealkylation sites (N-methyl/N-ethyl adjacent to an activating group) is 1. The first-order chi connectivity index (χ1) is 11.9. The van der Waals surface area contributed by atoms with Crippen molar-refractivity contribution in [3.8, 4) is 0 Å². The Kier molecular flexibility index (Phi) is 10.0. The van der Waals surface area contributed by atoms with Gasteiger partial charge in [0.25, 0.3) is 0 Å². The number of aliphatic carboxylic acids is 1. The Balaban J connectivity index is 5.60. The van der Waals surface area contributed by atoms with Gasteiger partial charge in [-0.15, -0.1) is 0 Å². The molecule has 0 saturated heterocycles. The van der Waals surface area contributed by atoms with Gasteiger partial charge in [0.05, 0.1) is 17.9 Å². The van der Waals surface area contributed by atoms with Crippen LogP contribution in [0.4, 0.5) is 0 Å². The van der Waals surface area contributed by atoms with E-state index in [2.05, 4.69) is 5.32 Å². The molecule has 0 aromatic carbocycles. The summed E-state index contributed by atoms with van der Waals surface area (Å²) in [7, 11) is 1.73. The highest BCUT2D eigenvalue weighted by Crippen LogP contribution is 2.29. The quantitative estimate of drug-likeness (QED) is 0.473. The summed E-state index contributed by atoms with van der Waals surface area (Å²) in [4.78, 5) is 37.4. The van der Waals surface area contributed by atoms with Gasteiger partial charge < -0.3 is 21.0 Å². The predicted octanol–water partition coefficient (Wildman–Crippen LogP) is 1.36. The lowest BCUT2D eigenvalue weighted by atomic mass is 9.74. The molecule has 0 aromatic rings. The van der Waals surface area contributed by atoms with Crippen molar-refractivity contribution >= 4 is 18.2 Å². The molecule has 0 aliphatic rings. The molecule has 1 amide bonds. The number of amides is 1. The van der Waals surface area contributed by atoms with E-state index in [9.17, 15) is 19.5 Å². The zero-order chi connectivity index (χ0) is 20.8. The van der Waals surface area contributed by atoms with E-state index in [1.807, 2.05) is 27.7 Å². The van der Waals surface area contributed by atoms with Gasteiger partial charge >= 0.3 is 5.97 Å². The molecule has 7 heteroatoms. The summed E-state index contributed by atoms with van der Waals surface area (Å²) in [5, 5.41) is 12.7. The van der Waals surface area contributed by atoms with Gasteiger partial charge in [-0.3, -0.25) is 14.5 Å². The maximum absolute atomic E-state index is 12.6. The molecule has 0 heterocycles. The van der Waals surface area contributed by atoms with Crippen LogP contribution in [0, 0.1) is 23.7 Å². The van der Waals surface area contributed by atoms with Crippen molar-refractivity contribution in [1.29, 1.82) is 0 Å². The number of nitrogens with one attached hydrogen (secondary N) is 1. The van der Waals surface area contributed by atoms with E-state index in [4.69, 9.17) is 5.73 Å². The molecule has 0 aliphatic heterocycles. The van der Waals surface area contributed by atoms with Gasteiger partial charge in [0, 0.05) is 18.1 Å². The van der Waals surface area contributed by atoms with E-state index in [1.54, 1.807) is 32.7 Å². The molecule has 152 valence electrons. The van der Waals surface area contributed by atoms with Crippen LogP contribution in [0.25, 0.3) is 0 Å². The third-order valence-electron chi connectivity index (χ3n) is 5.33. The zero-order valence-electron chi connectivity index (χ0n) is 17.4. The van der Waals surface area contributed by atoms with E-state index in [1.165, 1.54) is 0 Å².